The molecule has 0 saturated carbocycles. The Morgan fingerprint density at radius 1 is 1.08 bits per heavy atom. The average Bonchev–Trinajstić information content (AvgIpc) is 3.15. The van der Waals surface area contributed by atoms with Crippen LogP contribution in [0.5, 0.6) is 5.75 Å². The van der Waals surface area contributed by atoms with E-state index < -0.39 is 0 Å². The van der Waals surface area contributed by atoms with Gasteiger partial charge in [0.15, 0.2) is 0 Å². The third-order valence-electron chi connectivity index (χ3n) is 4.92. The fourth-order valence-corrected chi connectivity index (χ4v) is 3.54. The number of rotatable bonds is 3. The van der Waals surface area contributed by atoms with Gasteiger partial charge in [-0.05, 0) is 29.8 Å². The van der Waals surface area contributed by atoms with Crippen molar-refractivity contribution in [3.05, 3.63) is 63.7 Å². The number of nitro groups is 1. The van der Waals surface area contributed by atoms with Crippen molar-refractivity contribution >= 4 is 17.3 Å². The Labute approximate surface area is 150 Å². The summed E-state index contributed by atoms with van der Waals surface area (Å²) in [5, 5.41) is 11.2. The number of piperazine rings is 1. The molecule has 0 bridgehead atoms. The maximum Gasteiger partial charge on any atom is 0.292 e. The molecule has 0 N–H and O–H groups in total. The molecular weight excluding hydrogens is 334 g/mol. The highest BCUT2D eigenvalue weighted by Crippen LogP contribution is 2.29. The van der Waals surface area contributed by atoms with Crippen LogP contribution < -0.4 is 9.64 Å². The van der Waals surface area contributed by atoms with Crippen LogP contribution in [0.1, 0.15) is 15.9 Å². The molecular formula is C19H19N3O4. The molecule has 0 spiro atoms. The molecule has 4 rings (SSSR count). The Kier molecular flexibility index (Phi) is 4.20. The molecule has 7 nitrogen and oxygen atoms in total. The monoisotopic (exact) mass is 353 g/mol. The Morgan fingerprint density at radius 2 is 1.85 bits per heavy atom. The summed E-state index contributed by atoms with van der Waals surface area (Å²) in [6.07, 6.45) is 0.835. The van der Waals surface area contributed by atoms with Crippen molar-refractivity contribution in [3.63, 3.8) is 0 Å². The van der Waals surface area contributed by atoms with Gasteiger partial charge in [0.2, 0.25) is 0 Å². The third kappa shape index (κ3) is 2.96. The molecule has 0 aliphatic carbocycles. The second-order valence-electron chi connectivity index (χ2n) is 6.45. The van der Waals surface area contributed by atoms with Gasteiger partial charge in [0.25, 0.3) is 11.6 Å². The van der Waals surface area contributed by atoms with Gasteiger partial charge in [-0.2, -0.15) is 0 Å². The van der Waals surface area contributed by atoms with Crippen LogP contribution in [0.15, 0.2) is 42.5 Å². The quantitative estimate of drug-likeness (QED) is 0.626. The van der Waals surface area contributed by atoms with Crippen LogP contribution in [-0.2, 0) is 6.42 Å². The molecule has 2 aliphatic rings. The standard InChI is InChI=1S/C19H19N3O4/c23-19(15-5-6-18-14(13-15)7-12-26-18)21-10-8-20(9-11-21)16-3-1-2-4-17(16)22(24)25/h1-6,13H,7-12H2. The van der Waals surface area contributed by atoms with E-state index >= 15 is 0 Å². The minimum absolute atomic E-state index is 0.00177. The Bertz CT molecular complexity index is 860. The molecule has 0 atom stereocenters. The van der Waals surface area contributed by atoms with E-state index in [0.29, 0.717) is 44.0 Å². The smallest absolute Gasteiger partial charge is 0.292 e. The summed E-state index contributed by atoms with van der Waals surface area (Å²) in [5.74, 6) is 0.865. The fraction of sp³-hybridized carbons (Fsp3) is 0.316. The van der Waals surface area contributed by atoms with Crippen molar-refractivity contribution in [1.29, 1.82) is 0 Å². The lowest BCUT2D eigenvalue weighted by molar-refractivity contribution is -0.384. The normalized spacial score (nSPS) is 16.2. The number of nitrogens with zero attached hydrogens (tertiary/aromatic N) is 3. The molecule has 0 radical (unpaired) electrons. The summed E-state index contributed by atoms with van der Waals surface area (Å²) in [4.78, 5) is 27.4. The molecule has 134 valence electrons. The van der Waals surface area contributed by atoms with Crippen molar-refractivity contribution in [2.75, 3.05) is 37.7 Å². The number of para-hydroxylation sites is 2. The summed E-state index contributed by atoms with van der Waals surface area (Å²) in [6, 6.07) is 12.3. The zero-order valence-corrected chi connectivity index (χ0v) is 14.3. The Hall–Kier alpha value is -3.09. The van der Waals surface area contributed by atoms with Crippen molar-refractivity contribution in [3.8, 4) is 5.75 Å². The number of ether oxygens (including phenoxy) is 1. The number of nitro benzene ring substituents is 1. The predicted octanol–water partition coefficient (Wildman–Crippen LogP) is 2.49. The van der Waals surface area contributed by atoms with Gasteiger partial charge in [0, 0.05) is 44.2 Å². The van der Waals surface area contributed by atoms with E-state index in [1.165, 1.54) is 6.07 Å². The van der Waals surface area contributed by atoms with E-state index in [9.17, 15) is 14.9 Å². The number of carbonyl (C=O) groups is 1. The van der Waals surface area contributed by atoms with E-state index in [1.54, 1.807) is 24.3 Å². The molecule has 2 aromatic rings. The highest BCUT2D eigenvalue weighted by molar-refractivity contribution is 5.95. The maximum absolute atomic E-state index is 12.8. The summed E-state index contributed by atoms with van der Waals surface area (Å²) in [7, 11) is 0. The second-order valence-corrected chi connectivity index (χ2v) is 6.45. The van der Waals surface area contributed by atoms with E-state index in [-0.39, 0.29) is 16.5 Å². The summed E-state index contributed by atoms with van der Waals surface area (Å²) >= 11 is 0. The molecule has 2 aromatic carbocycles. The predicted molar refractivity (Wildman–Crippen MR) is 96.9 cm³/mol. The first-order valence-electron chi connectivity index (χ1n) is 8.67. The summed E-state index contributed by atoms with van der Waals surface area (Å²) in [6.45, 7) is 2.90. The Morgan fingerprint density at radius 3 is 2.62 bits per heavy atom. The lowest BCUT2D eigenvalue weighted by Gasteiger charge is -2.35. The molecule has 0 aromatic heterocycles. The van der Waals surface area contributed by atoms with Crippen LogP contribution in [0.2, 0.25) is 0 Å². The Balaban J connectivity index is 1.45. The minimum Gasteiger partial charge on any atom is -0.493 e. The van der Waals surface area contributed by atoms with Crippen LogP contribution in [0.4, 0.5) is 11.4 Å². The van der Waals surface area contributed by atoms with Crippen LogP contribution in [0, 0.1) is 10.1 Å². The van der Waals surface area contributed by atoms with E-state index in [2.05, 4.69) is 0 Å². The summed E-state index contributed by atoms with van der Waals surface area (Å²) < 4.78 is 5.49. The zero-order chi connectivity index (χ0) is 18.1. The first kappa shape index (κ1) is 16.4. The first-order chi connectivity index (χ1) is 12.6. The van der Waals surface area contributed by atoms with Crippen LogP contribution in [-0.4, -0.2) is 48.5 Å². The summed E-state index contributed by atoms with van der Waals surface area (Å²) in [5.41, 5.74) is 2.47. The zero-order valence-electron chi connectivity index (χ0n) is 14.3. The van der Waals surface area contributed by atoms with E-state index in [4.69, 9.17) is 4.74 Å². The fourth-order valence-electron chi connectivity index (χ4n) is 3.54. The molecule has 7 heteroatoms. The first-order valence-corrected chi connectivity index (χ1v) is 8.67. The van der Waals surface area contributed by atoms with Crippen molar-refractivity contribution in [2.45, 2.75) is 6.42 Å². The third-order valence-corrected chi connectivity index (χ3v) is 4.92. The van der Waals surface area contributed by atoms with Crippen molar-refractivity contribution in [1.82, 2.24) is 4.90 Å². The molecule has 2 heterocycles. The van der Waals surface area contributed by atoms with Crippen LogP contribution in [0.25, 0.3) is 0 Å². The lowest BCUT2D eigenvalue weighted by Crippen LogP contribution is -2.49. The number of fused-ring (bicyclic) bond motifs is 1. The molecule has 1 amide bonds. The van der Waals surface area contributed by atoms with Gasteiger partial charge in [-0.25, -0.2) is 0 Å². The second kappa shape index (κ2) is 6.67. The number of hydrogen-bond acceptors (Lipinski definition) is 5. The van der Waals surface area contributed by atoms with Gasteiger partial charge in [-0.1, -0.05) is 12.1 Å². The number of hydrogen-bond donors (Lipinski definition) is 0. The molecule has 0 unspecified atom stereocenters. The largest absolute Gasteiger partial charge is 0.493 e. The number of anilines is 1. The molecule has 26 heavy (non-hydrogen) atoms. The van der Waals surface area contributed by atoms with Crippen molar-refractivity contribution < 1.29 is 14.5 Å². The lowest BCUT2D eigenvalue weighted by atomic mass is 10.1. The topological polar surface area (TPSA) is 75.9 Å². The van der Waals surface area contributed by atoms with Gasteiger partial charge in [-0.15, -0.1) is 0 Å². The van der Waals surface area contributed by atoms with Gasteiger partial charge < -0.3 is 14.5 Å². The minimum atomic E-state index is -0.362. The number of amides is 1. The van der Waals surface area contributed by atoms with Crippen molar-refractivity contribution in [2.24, 2.45) is 0 Å². The highest BCUT2D eigenvalue weighted by atomic mass is 16.6. The van der Waals surface area contributed by atoms with E-state index in [1.807, 2.05) is 21.9 Å². The van der Waals surface area contributed by atoms with Gasteiger partial charge in [0.1, 0.15) is 11.4 Å². The maximum atomic E-state index is 12.8. The highest BCUT2D eigenvalue weighted by Gasteiger charge is 2.26. The van der Waals surface area contributed by atoms with E-state index in [0.717, 1.165) is 17.7 Å². The van der Waals surface area contributed by atoms with Crippen LogP contribution >= 0.6 is 0 Å². The average molecular weight is 353 g/mol. The number of carbonyl (C=O) groups excluding carboxylic acids is 1. The molecule has 2 aliphatic heterocycles. The van der Waals surface area contributed by atoms with Gasteiger partial charge >= 0.3 is 0 Å². The van der Waals surface area contributed by atoms with Crippen LogP contribution in [0.3, 0.4) is 0 Å². The number of benzene rings is 2. The molecule has 1 saturated heterocycles. The van der Waals surface area contributed by atoms with Gasteiger partial charge in [0.05, 0.1) is 11.5 Å². The van der Waals surface area contributed by atoms with Gasteiger partial charge in [-0.3, -0.25) is 14.9 Å². The SMILES string of the molecule is O=C(c1ccc2c(c1)CCO2)N1CCN(c2ccccc2[N+](=O)[O-])CC1. The molecule has 1 fully saturated rings.